The fourth-order valence-corrected chi connectivity index (χ4v) is 2.37. The molecule has 1 atom stereocenters. The predicted octanol–water partition coefficient (Wildman–Crippen LogP) is 0.669. The molecule has 8 heteroatoms. The monoisotopic (exact) mass is 381 g/mol. The maximum atomic E-state index is 12.7. The third-order valence-corrected chi connectivity index (χ3v) is 3.97. The molecular formula is C19H31N3O5. The molecular weight excluding hydrogens is 350 g/mol. The number of hydrogen-bond acceptors (Lipinski definition) is 5. The minimum atomic E-state index is -0.937. The number of rotatable bonds is 1. The number of carbonyl (C=O) groups is 4. The van der Waals surface area contributed by atoms with E-state index >= 15 is 0 Å². The Hall–Kier alpha value is -2.38. The van der Waals surface area contributed by atoms with Gasteiger partial charge in [-0.25, -0.2) is 4.79 Å². The van der Waals surface area contributed by atoms with Crippen molar-refractivity contribution in [1.82, 2.24) is 16.0 Å². The lowest BCUT2D eigenvalue weighted by Gasteiger charge is -2.30. The molecule has 0 saturated carbocycles. The van der Waals surface area contributed by atoms with Gasteiger partial charge in [-0.05, 0) is 31.8 Å². The Morgan fingerprint density at radius 1 is 1.15 bits per heavy atom. The summed E-state index contributed by atoms with van der Waals surface area (Å²) in [5.41, 5.74) is -1.14. The molecule has 3 N–H and O–H groups in total. The molecule has 8 nitrogen and oxygen atoms in total. The van der Waals surface area contributed by atoms with Crippen LogP contribution >= 0.6 is 0 Å². The van der Waals surface area contributed by atoms with E-state index in [1.165, 1.54) is 6.08 Å². The quantitative estimate of drug-likeness (QED) is 0.578. The normalized spacial score (nSPS) is 24.3. The average Bonchev–Trinajstić information content (AvgIpc) is 2.55. The van der Waals surface area contributed by atoms with E-state index in [-0.39, 0.29) is 31.0 Å². The third-order valence-electron chi connectivity index (χ3n) is 3.97. The van der Waals surface area contributed by atoms with Crippen molar-refractivity contribution in [3.05, 3.63) is 12.2 Å². The molecule has 0 aliphatic carbocycles. The van der Waals surface area contributed by atoms with Crippen LogP contribution in [0.1, 0.15) is 47.5 Å². The van der Waals surface area contributed by atoms with Crippen LogP contribution in [-0.2, 0) is 23.9 Å². The van der Waals surface area contributed by atoms with E-state index in [0.717, 1.165) is 0 Å². The van der Waals surface area contributed by atoms with Gasteiger partial charge in [0.2, 0.25) is 17.7 Å². The Kier molecular flexibility index (Phi) is 7.99. The number of cyclic esters (lactones) is 1. The summed E-state index contributed by atoms with van der Waals surface area (Å²) < 4.78 is 5.26. The first-order chi connectivity index (χ1) is 12.4. The number of hydrogen-bond donors (Lipinski definition) is 3. The molecule has 1 aliphatic heterocycles. The van der Waals surface area contributed by atoms with E-state index < -0.39 is 29.2 Å². The molecule has 0 aromatic rings. The van der Waals surface area contributed by atoms with Gasteiger partial charge in [-0.15, -0.1) is 0 Å². The van der Waals surface area contributed by atoms with Crippen molar-refractivity contribution in [3.8, 4) is 0 Å². The van der Waals surface area contributed by atoms with E-state index in [2.05, 4.69) is 16.0 Å². The molecule has 27 heavy (non-hydrogen) atoms. The van der Waals surface area contributed by atoms with E-state index in [1.807, 2.05) is 20.8 Å². The van der Waals surface area contributed by atoms with Gasteiger partial charge in [-0.1, -0.05) is 26.8 Å². The van der Waals surface area contributed by atoms with Crippen molar-refractivity contribution in [2.75, 3.05) is 19.7 Å². The summed E-state index contributed by atoms with van der Waals surface area (Å²) in [5, 5.41) is 7.84. The molecule has 1 heterocycles. The molecule has 0 fully saturated rings. The van der Waals surface area contributed by atoms with Crippen LogP contribution in [0, 0.1) is 10.8 Å². The molecule has 0 spiro atoms. The largest absolute Gasteiger partial charge is 0.464 e. The number of esters is 1. The molecule has 0 radical (unpaired) electrons. The Labute approximate surface area is 160 Å². The van der Waals surface area contributed by atoms with Crippen molar-refractivity contribution < 1.29 is 23.9 Å². The lowest BCUT2D eigenvalue weighted by Crippen LogP contribution is -2.52. The van der Waals surface area contributed by atoms with Gasteiger partial charge in [0.15, 0.2) is 0 Å². The summed E-state index contributed by atoms with van der Waals surface area (Å²) in [6, 6.07) is -0.785. The average molecular weight is 381 g/mol. The molecule has 152 valence electrons. The fraction of sp³-hybridized carbons (Fsp3) is 0.684. The van der Waals surface area contributed by atoms with Crippen molar-refractivity contribution in [3.63, 3.8) is 0 Å². The zero-order chi connectivity index (χ0) is 20.7. The van der Waals surface area contributed by atoms with Gasteiger partial charge in [0.1, 0.15) is 6.04 Å². The molecule has 1 rings (SSSR count). The van der Waals surface area contributed by atoms with Gasteiger partial charge in [-0.3, -0.25) is 14.4 Å². The van der Waals surface area contributed by atoms with Gasteiger partial charge in [-0.2, -0.15) is 0 Å². The maximum absolute atomic E-state index is 12.7. The molecule has 1 aliphatic rings. The highest BCUT2D eigenvalue weighted by Crippen LogP contribution is 2.23. The van der Waals surface area contributed by atoms with Crippen LogP contribution < -0.4 is 16.0 Å². The number of amides is 3. The van der Waals surface area contributed by atoms with Gasteiger partial charge >= 0.3 is 5.97 Å². The van der Waals surface area contributed by atoms with Crippen LogP contribution in [0.3, 0.4) is 0 Å². The predicted molar refractivity (Wildman–Crippen MR) is 101 cm³/mol. The highest BCUT2D eigenvalue weighted by atomic mass is 16.5. The summed E-state index contributed by atoms with van der Waals surface area (Å²) >= 11 is 0. The van der Waals surface area contributed by atoms with E-state index in [9.17, 15) is 19.2 Å². The number of nitrogens with one attached hydrogen (secondary N) is 3. The zero-order valence-corrected chi connectivity index (χ0v) is 16.8. The van der Waals surface area contributed by atoms with Crippen LogP contribution in [0.15, 0.2) is 12.2 Å². The second-order valence-corrected chi connectivity index (χ2v) is 8.53. The van der Waals surface area contributed by atoms with Crippen molar-refractivity contribution in [1.29, 1.82) is 0 Å². The highest BCUT2D eigenvalue weighted by Gasteiger charge is 2.34. The fourth-order valence-electron chi connectivity index (χ4n) is 2.37. The van der Waals surface area contributed by atoms with E-state index in [4.69, 9.17) is 4.74 Å². The summed E-state index contributed by atoms with van der Waals surface area (Å²) in [7, 11) is 0. The third kappa shape index (κ3) is 8.70. The smallest absolute Gasteiger partial charge is 0.328 e. The summed E-state index contributed by atoms with van der Waals surface area (Å²) in [4.78, 5) is 48.6. The van der Waals surface area contributed by atoms with Crippen molar-refractivity contribution in [2.24, 2.45) is 10.8 Å². The molecule has 0 bridgehead atoms. The van der Waals surface area contributed by atoms with Crippen molar-refractivity contribution >= 4 is 23.7 Å². The zero-order valence-electron chi connectivity index (χ0n) is 16.8. The van der Waals surface area contributed by atoms with Crippen LogP contribution in [0.5, 0.6) is 0 Å². The Balaban J connectivity index is 2.98. The first-order valence-electron chi connectivity index (χ1n) is 9.09. The molecule has 3 amide bonds. The molecule has 1 unspecified atom stereocenters. The van der Waals surface area contributed by atoms with Crippen LogP contribution in [0.25, 0.3) is 0 Å². The molecule has 0 aromatic heterocycles. The first kappa shape index (κ1) is 22.7. The van der Waals surface area contributed by atoms with Crippen LogP contribution in [0.2, 0.25) is 0 Å². The van der Waals surface area contributed by atoms with E-state index in [0.29, 0.717) is 12.8 Å². The maximum Gasteiger partial charge on any atom is 0.328 e. The lowest BCUT2D eigenvalue weighted by atomic mass is 9.86. The summed E-state index contributed by atoms with van der Waals surface area (Å²) in [6.45, 7) is 9.25. The van der Waals surface area contributed by atoms with E-state index in [1.54, 1.807) is 19.9 Å². The standard InChI is InChI=1S/C19H31N3O5/c1-18(2,3)10-13-16(25)27-9-7-6-8-14(23)20-11-15(24)21-12-19(4,5)17(26)22-13/h6,8,13H,7,9-12H2,1-5H3,(H,20,23)(H,21,24)(H,22,26)/b8-6-. The molecule has 0 aromatic carbocycles. The van der Waals surface area contributed by atoms with Crippen molar-refractivity contribution in [2.45, 2.75) is 53.5 Å². The number of ether oxygens (including phenoxy) is 1. The lowest BCUT2D eigenvalue weighted by molar-refractivity contribution is -0.149. The minimum absolute atomic E-state index is 0.0701. The highest BCUT2D eigenvalue weighted by molar-refractivity contribution is 5.91. The summed E-state index contributed by atoms with van der Waals surface area (Å²) in [5.74, 6) is -1.67. The van der Waals surface area contributed by atoms with Gasteiger partial charge in [0.05, 0.1) is 18.6 Å². The van der Waals surface area contributed by atoms with Gasteiger partial charge < -0.3 is 20.7 Å². The second-order valence-electron chi connectivity index (χ2n) is 8.53. The molecule has 0 saturated heterocycles. The Bertz CT molecular complexity index is 605. The van der Waals surface area contributed by atoms with Gasteiger partial charge in [0, 0.05) is 13.0 Å². The minimum Gasteiger partial charge on any atom is -0.464 e. The second kappa shape index (κ2) is 9.53. The summed E-state index contributed by atoms with van der Waals surface area (Å²) in [6.07, 6.45) is 3.63. The van der Waals surface area contributed by atoms with Crippen LogP contribution in [-0.4, -0.2) is 49.4 Å². The Morgan fingerprint density at radius 2 is 1.81 bits per heavy atom. The number of carbonyl (C=O) groups excluding carboxylic acids is 4. The SMILES string of the molecule is CC(C)(C)CC1NC(=O)C(C)(C)CNC(=O)CNC(=O)/C=C\CCOC1=O. The topological polar surface area (TPSA) is 114 Å². The Morgan fingerprint density at radius 3 is 2.44 bits per heavy atom. The first-order valence-corrected chi connectivity index (χ1v) is 9.09. The van der Waals surface area contributed by atoms with Gasteiger partial charge in [0.25, 0.3) is 0 Å². The van der Waals surface area contributed by atoms with Crippen LogP contribution in [0.4, 0.5) is 0 Å².